The summed E-state index contributed by atoms with van der Waals surface area (Å²) < 4.78 is 12.0. The second-order valence-electron chi connectivity index (χ2n) is 7.20. The predicted octanol–water partition coefficient (Wildman–Crippen LogP) is 3.75. The van der Waals surface area contributed by atoms with Gasteiger partial charge in [0, 0.05) is 49.0 Å². The van der Waals surface area contributed by atoms with Crippen molar-refractivity contribution in [2.24, 2.45) is 0 Å². The zero-order valence-electron chi connectivity index (χ0n) is 16.0. The third-order valence-corrected chi connectivity index (χ3v) is 5.16. The van der Waals surface area contributed by atoms with Crippen molar-refractivity contribution in [2.75, 3.05) is 6.73 Å². The molecule has 29 heavy (non-hydrogen) atoms. The Balaban J connectivity index is 1.44. The molecule has 0 saturated heterocycles. The number of nitrogens with zero attached hydrogens (tertiary/aromatic N) is 3. The van der Waals surface area contributed by atoms with E-state index in [9.17, 15) is 4.79 Å². The Morgan fingerprint density at radius 1 is 1.07 bits per heavy atom. The molecule has 2 aliphatic heterocycles. The summed E-state index contributed by atoms with van der Waals surface area (Å²) in [7, 11) is 0. The summed E-state index contributed by atoms with van der Waals surface area (Å²) in [6.45, 7) is 3.90. The molecule has 4 heterocycles. The van der Waals surface area contributed by atoms with Crippen LogP contribution in [0.1, 0.15) is 32.6 Å². The zero-order valence-corrected chi connectivity index (χ0v) is 16.0. The van der Waals surface area contributed by atoms with Crippen LogP contribution >= 0.6 is 0 Å². The molecular formula is C23H19N3O3. The first kappa shape index (κ1) is 17.6. The molecule has 0 spiro atoms. The van der Waals surface area contributed by atoms with E-state index in [-0.39, 0.29) is 5.78 Å². The minimum absolute atomic E-state index is 0.103. The monoisotopic (exact) mass is 385 g/mol. The van der Waals surface area contributed by atoms with E-state index in [1.54, 1.807) is 30.9 Å². The van der Waals surface area contributed by atoms with E-state index >= 15 is 0 Å². The van der Waals surface area contributed by atoms with Gasteiger partial charge >= 0.3 is 0 Å². The summed E-state index contributed by atoms with van der Waals surface area (Å²) in [5, 5.41) is 0. The third kappa shape index (κ3) is 3.28. The summed E-state index contributed by atoms with van der Waals surface area (Å²) in [6, 6.07) is 9.58. The molecular weight excluding hydrogens is 366 g/mol. The van der Waals surface area contributed by atoms with E-state index in [4.69, 9.17) is 9.47 Å². The standard InChI is InChI=1S/C23H19N3O3/c1-15-22-18(13-26(14-28-22)12-17-4-8-25-9-5-17)11-19-21(27)20(29-23(15)19)10-16-2-6-24-7-3-16/h2-11H,12-14H2,1H3/b20-10-. The van der Waals surface area contributed by atoms with Crippen molar-refractivity contribution in [1.82, 2.24) is 14.9 Å². The van der Waals surface area contributed by atoms with Gasteiger partial charge in [-0.05, 0) is 54.5 Å². The van der Waals surface area contributed by atoms with Gasteiger partial charge in [0.1, 0.15) is 18.2 Å². The molecule has 3 aromatic rings. The van der Waals surface area contributed by atoms with Gasteiger partial charge in [-0.15, -0.1) is 0 Å². The van der Waals surface area contributed by atoms with Gasteiger partial charge in [-0.3, -0.25) is 19.7 Å². The van der Waals surface area contributed by atoms with Crippen molar-refractivity contribution in [2.45, 2.75) is 20.0 Å². The molecule has 0 atom stereocenters. The Morgan fingerprint density at radius 3 is 2.55 bits per heavy atom. The number of ether oxygens (including phenoxy) is 2. The van der Waals surface area contributed by atoms with Crippen LogP contribution in [0.25, 0.3) is 6.08 Å². The summed E-state index contributed by atoms with van der Waals surface area (Å²) in [4.78, 5) is 23.2. The maximum Gasteiger partial charge on any atom is 0.231 e. The molecule has 0 N–H and O–H groups in total. The summed E-state index contributed by atoms with van der Waals surface area (Å²) in [5.74, 6) is 1.63. The average molecular weight is 385 g/mol. The largest absolute Gasteiger partial charge is 0.477 e. The summed E-state index contributed by atoms with van der Waals surface area (Å²) in [6.07, 6.45) is 8.71. The topological polar surface area (TPSA) is 64.5 Å². The molecule has 2 aromatic heterocycles. The van der Waals surface area contributed by atoms with Crippen LogP contribution in [0.15, 0.2) is 60.9 Å². The number of rotatable bonds is 3. The number of benzene rings is 1. The summed E-state index contributed by atoms with van der Waals surface area (Å²) in [5.41, 5.74) is 4.51. The SMILES string of the molecule is Cc1c2c(cc3c1O/C(=C\c1ccncc1)C3=O)CN(Cc1ccncc1)CO2. The molecule has 0 saturated carbocycles. The van der Waals surface area contributed by atoms with Crippen molar-refractivity contribution in [1.29, 1.82) is 0 Å². The molecule has 0 amide bonds. The quantitative estimate of drug-likeness (QED) is 0.640. The van der Waals surface area contributed by atoms with Crippen LogP contribution in [0.5, 0.6) is 11.5 Å². The highest BCUT2D eigenvalue weighted by Crippen LogP contribution is 2.43. The van der Waals surface area contributed by atoms with Crippen LogP contribution in [0.3, 0.4) is 0 Å². The van der Waals surface area contributed by atoms with E-state index in [1.165, 1.54) is 5.56 Å². The molecule has 0 aliphatic carbocycles. The third-order valence-electron chi connectivity index (χ3n) is 5.16. The molecule has 6 heteroatoms. The Morgan fingerprint density at radius 2 is 1.79 bits per heavy atom. The number of hydrogen-bond donors (Lipinski definition) is 0. The maximum atomic E-state index is 12.9. The van der Waals surface area contributed by atoms with E-state index in [1.807, 2.05) is 37.3 Å². The van der Waals surface area contributed by atoms with Crippen molar-refractivity contribution >= 4 is 11.9 Å². The van der Waals surface area contributed by atoms with Crippen molar-refractivity contribution in [3.63, 3.8) is 0 Å². The molecule has 144 valence electrons. The van der Waals surface area contributed by atoms with Gasteiger partial charge in [0.15, 0.2) is 5.76 Å². The van der Waals surface area contributed by atoms with Gasteiger partial charge in [0.05, 0.1) is 5.56 Å². The molecule has 0 fully saturated rings. The number of allylic oxidation sites excluding steroid dienone is 1. The molecule has 0 unspecified atom stereocenters. The average Bonchev–Trinajstić information content (AvgIpc) is 3.05. The molecule has 2 aliphatic rings. The maximum absolute atomic E-state index is 12.9. The molecule has 5 rings (SSSR count). The van der Waals surface area contributed by atoms with Gasteiger partial charge in [0.25, 0.3) is 0 Å². The Labute approximate surface area is 168 Å². The van der Waals surface area contributed by atoms with Crippen molar-refractivity contribution < 1.29 is 14.3 Å². The Hall–Kier alpha value is -3.51. The Kier molecular flexibility index (Phi) is 4.33. The van der Waals surface area contributed by atoms with Gasteiger partial charge in [-0.25, -0.2) is 0 Å². The summed E-state index contributed by atoms with van der Waals surface area (Å²) >= 11 is 0. The first-order chi connectivity index (χ1) is 14.2. The lowest BCUT2D eigenvalue weighted by Gasteiger charge is -2.30. The first-order valence-electron chi connectivity index (χ1n) is 9.44. The van der Waals surface area contributed by atoms with Gasteiger partial charge in [-0.2, -0.15) is 0 Å². The lowest BCUT2D eigenvalue weighted by molar-refractivity contribution is 0.0876. The minimum atomic E-state index is -0.103. The number of pyridine rings is 2. The molecule has 1 aromatic carbocycles. The lowest BCUT2D eigenvalue weighted by Crippen LogP contribution is -2.32. The fraction of sp³-hybridized carbons (Fsp3) is 0.174. The van der Waals surface area contributed by atoms with E-state index in [0.29, 0.717) is 30.3 Å². The number of aromatic nitrogens is 2. The van der Waals surface area contributed by atoms with E-state index < -0.39 is 0 Å². The van der Waals surface area contributed by atoms with Crippen LogP contribution in [-0.4, -0.2) is 27.4 Å². The number of fused-ring (bicyclic) bond motifs is 2. The number of Topliss-reactive ketones (excluding diaryl/α,β-unsaturated/α-hetero) is 1. The highest BCUT2D eigenvalue weighted by molar-refractivity contribution is 6.15. The highest BCUT2D eigenvalue weighted by Gasteiger charge is 2.33. The first-order valence-corrected chi connectivity index (χ1v) is 9.44. The smallest absolute Gasteiger partial charge is 0.231 e. The highest BCUT2D eigenvalue weighted by atomic mass is 16.5. The lowest BCUT2D eigenvalue weighted by atomic mass is 10.00. The van der Waals surface area contributed by atoms with Crippen LogP contribution < -0.4 is 9.47 Å². The van der Waals surface area contributed by atoms with E-state index in [0.717, 1.165) is 29.0 Å². The number of carbonyl (C=O) groups is 1. The number of carbonyl (C=O) groups excluding carboxylic acids is 1. The second kappa shape index (κ2) is 7.14. The van der Waals surface area contributed by atoms with Gasteiger partial charge < -0.3 is 9.47 Å². The van der Waals surface area contributed by atoms with Crippen molar-refractivity contribution in [3.8, 4) is 11.5 Å². The minimum Gasteiger partial charge on any atom is -0.477 e. The van der Waals surface area contributed by atoms with Gasteiger partial charge in [-0.1, -0.05) is 0 Å². The fourth-order valence-electron chi connectivity index (χ4n) is 3.76. The normalized spacial score (nSPS) is 16.9. The zero-order chi connectivity index (χ0) is 19.8. The molecule has 0 radical (unpaired) electrons. The fourth-order valence-corrected chi connectivity index (χ4v) is 3.76. The number of hydrogen-bond acceptors (Lipinski definition) is 6. The molecule has 0 bridgehead atoms. The predicted molar refractivity (Wildman–Crippen MR) is 107 cm³/mol. The molecule has 6 nitrogen and oxygen atoms in total. The van der Waals surface area contributed by atoms with Crippen LogP contribution in [0.2, 0.25) is 0 Å². The van der Waals surface area contributed by atoms with Crippen LogP contribution in [-0.2, 0) is 13.1 Å². The Bertz CT molecular complexity index is 1110. The van der Waals surface area contributed by atoms with Gasteiger partial charge in [0.2, 0.25) is 5.78 Å². The van der Waals surface area contributed by atoms with E-state index in [2.05, 4.69) is 14.9 Å². The van der Waals surface area contributed by atoms with Crippen LogP contribution in [0, 0.1) is 6.92 Å². The van der Waals surface area contributed by atoms with Crippen molar-refractivity contribution in [3.05, 3.63) is 88.7 Å². The number of ketones is 1. The van der Waals surface area contributed by atoms with Crippen LogP contribution in [0.4, 0.5) is 0 Å². The second-order valence-corrected chi connectivity index (χ2v) is 7.20.